The second-order valence-corrected chi connectivity index (χ2v) is 7.58. The minimum atomic E-state index is -0.0574. The van der Waals surface area contributed by atoms with Crippen LogP contribution in [0.3, 0.4) is 0 Å². The van der Waals surface area contributed by atoms with Crippen molar-refractivity contribution in [3.05, 3.63) is 17.6 Å². The van der Waals surface area contributed by atoms with Gasteiger partial charge in [0.15, 0.2) is 0 Å². The molecule has 1 amide bonds. The van der Waals surface area contributed by atoms with E-state index in [9.17, 15) is 10.1 Å². The van der Waals surface area contributed by atoms with E-state index in [0.717, 1.165) is 25.1 Å². The van der Waals surface area contributed by atoms with Gasteiger partial charge in [0, 0.05) is 24.4 Å². The number of carbonyl (C=O) groups excluding carboxylic acids is 1. The molecule has 1 aliphatic heterocycles. The quantitative estimate of drug-likeness (QED) is 0.893. The van der Waals surface area contributed by atoms with Crippen LogP contribution in [-0.4, -0.2) is 28.0 Å². The maximum Gasteiger partial charge on any atom is 0.220 e. The summed E-state index contributed by atoms with van der Waals surface area (Å²) in [5.74, 6) is 1.95. The number of carbonyl (C=O) groups is 1. The molecular formula is C17H23N5O. The lowest BCUT2D eigenvalue weighted by atomic mass is 9.79. The molecule has 6 nitrogen and oxygen atoms in total. The third-order valence-corrected chi connectivity index (χ3v) is 4.47. The zero-order valence-electron chi connectivity index (χ0n) is 13.9. The monoisotopic (exact) mass is 313 g/mol. The van der Waals surface area contributed by atoms with Crippen molar-refractivity contribution in [2.45, 2.75) is 64.5 Å². The zero-order chi connectivity index (χ0) is 16.6. The van der Waals surface area contributed by atoms with Crippen molar-refractivity contribution in [1.29, 1.82) is 5.26 Å². The summed E-state index contributed by atoms with van der Waals surface area (Å²) >= 11 is 0. The predicted octanol–water partition coefficient (Wildman–Crippen LogP) is 2.33. The van der Waals surface area contributed by atoms with Gasteiger partial charge in [-0.3, -0.25) is 4.79 Å². The Hall–Kier alpha value is -2.16. The van der Waals surface area contributed by atoms with E-state index in [0.29, 0.717) is 23.9 Å². The molecule has 0 spiro atoms. The topological polar surface area (TPSA) is 90.7 Å². The molecule has 0 unspecified atom stereocenters. The van der Waals surface area contributed by atoms with Crippen molar-refractivity contribution in [3.63, 3.8) is 0 Å². The molecule has 2 atom stereocenters. The van der Waals surface area contributed by atoms with Crippen molar-refractivity contribution in [2.24, 2.45) is 5.41 Å². The van der Waals surface area contributed by atoms with Gasteiger partial charge in [-0.15, -0.1) is 0 Å². The highest BCUT2D eigenvalue weighted by molar-refractivity contribution is 5.77. The Labute approximate surface area is 136 Å². The van der Waals surface area contributed by atoms with Crippen LogP contribution in [0.2, 0.25) is 0 Å². The van der Waals surface area contributed by atoms with E-state index >= 15 is 0 Å². The summed E-state index contributed by atoms with van der Waals surface area (Å²) in [4.78, 5) is 20.7. The summed E-state index contributed by atoms with van der Waals surface area (Å²) in [6, 6.07) is 3.93. The van der Waals surface area contributed by atoms with E-state index in [-0.39, 0.29) is 23.4 Å². The molecule has 0 bridgehead atoms. The molecule has 1 aromatic rings. The summed E-state index contributed by atoms with van der Waals surface area (Å²) in [6.07, 6.45) is 3.46. The fraction of sp³-hybridized carbons (Fsp3) is 0.647. The number of anilines is 1. The van der Waals surface area contributed by atoms with Crippen molar-refractivity contribution >= 4 is 11.7 Å². The molecule has 1 aliphatic carbocycles. The molecule has 0 aromatic carbocycles. The van der Waals surface area contributed by atoms with Gasteiger partial charge in [0.05, 0.1) is 6.04 Å². The Morgan fingerprint density at radius 3 is 2.65 bits per heavy atom. The van der Waals surface area contributed by atoms with Gasteiger partial charge in [-0.05, 0) is 24.7 Å². The summed E-state index contributed by atoms with van der Waals surface area (Å²) in [7, 11) is 0. The molecule has 122 valence electrons. The summed E-state index contributed by atoms with van der Waals surface area (Å²) in [5, 5.41) is 15.7. The first kappa shape index (κ1) is 15.7. The lowest BCUT2D eigenvalue weighted by molar-refractivity contribution is -0.124. The van der Waals surface area contributed by atoms with Crippen LogP contribution in [0.25, 0.3) is 0 Å². The molecule has 1 saturated carbocycles. The lowest BCUT2D eigenvalue weighted by Gasteiger charge is -2.41. The van der Waals surface area contributed by atoms with Crippen molar-refractivity contribution < 1.29 is 4.79 Å². The van der Waals surface area contributed by atoms with Gasteiger partial charge < -0.3 is 10.6 Å². The Morgan fingerprint density at radius 2 is 2.04 bits per heavy atom. The van der Waals surface area contributed by atoms with Crippen LogP contribution in [0.15, 0.2) is 6.07 Å². The predicted molar refractivity (Wildman–Crippen MR) is 86.8 cm³/mol. The number of amides is 1. The molecule has 3 rings (SSSR count). The number of nitrogens with zero attached hydrogens (tertiary/aromatic N) is 3. The van der Waals surface area contributed by atoms with Crippen LogP contribution in [0, 0.1) is 16.7 Å². The number of hydrogen-bond acceptors (Lipinski definition) is 5. The number of nitrogens with one attached hydrogen (secondary N) is 2. The largest absolute Gasteiger partial charge is 0.365 e. The zero-order valence-corrected chi connectivity index (χ0v) is 13.9. The lowest BCUT2D eigenvalue weighted by Crippen LogP contribution is -2.57. The Bertz CT molecular complexity index is 654. The van der Waals surface area contributed by atoms with Crippen LogP contribution in [-0.2, 0) is 4.79 Å². The number of piperidine rings is 1. The van der Waals surface area contributed by atoms with E-state index in [1.165, 1.54) is 0 Å². The van der Waals surface area contributed by atoms with Crippen molar-refractivity contribution in [1.82, 2.24) is 15.3 Å². The molecule has 23 heavy (non-hydrogen) atoms. The van der Waals surface area contributed by atoms with Gasteiger partial charge in [0.25, 0.3) is 0 Å². The van der Waals surface area contributed by atoms with Gasteiger partial charge in [0.2, 0.25) is 5.91 Å². The third kappa shape index (κ3) is 3.61. The summed E-state index contributed by atoms with van der Waals surface area (Å²) in [5.41, 5.74) is 0.342. The summed E-state index contributed by atoms with van der Waals surface area (Å²) in [6.45, 7) is 6.36. The van der Waals surface area contributed by atoms with Crippen molar-refractivity contribution in [3.8, 4) is 6.07 Å². The molecule has 2 heterocycles. The van der Waals surface area contributed by atoms with Crippen LogP contribution in [0.4, 0.5) is 5.82 Å². The average molecular weight is 313 g/mol. The maximum absolute atomic E-state index is 11.8. The van der Waals surface area contributed by atoms with Crippen LogP contribution in [0.5, 0.6) is 0 Å². The third-order valence-electron chi connectivity index (χ3n) is 4.47. The molecule has 1 saturated heterocycles. The van der Waals surface area contributed by atoms with Gasteiger partial charge >= 0.3 is 0 Å². The van der Waals surface area contributed by atoms with Gasteiger partial charge in [-0.25, -0.2) is 9.97 Å². The average Bonchev–Trinajstić information content (AvgIpc) is 3.32. The second-order valence-electron chi connectivity index (χ2n) is 7.58. The van der Waals surface area contributed by atoms with Crippen LogP contribution >= 0.6 is 0 Å². The Morgan fingerprint density at radius 1 is 1.30 bits per heavy atom. The second kappa shape index (κ2) is 5.80. The highest BCUT2D eigenvalue weighted by atomic mass is 16.1. The van der Waals surface area contributed by atoms with E-state index in [4.69, 9.17) is 0 Å². The first-order valence-corrected chi connectivity index (χ1v) is 8.22. The number of nitriles is 1. The number of aromatic nitrogens is 2. The minimum Gasteiger partial charge on any atom is -0.365 e. The molecule has 2 aliphatic rings. The van der Waals surface area contributed by atoms with Gasteiger partial charge in [-0.1, -0.05) is 20.8 Å². The van der Waals surface area contributed by atoms with E-state index in [1.807, 2.05) is 0 Å². The molecule has 1 aromatic heterocycles. The Balaban J connectivity index is 1.83. The van der Waals surface area contributed by atoms with Gasteiger partial charge in [-0.2, -0.15) is 5.26 Å². The van der Waals surface area contributed by atoms with Crippen LogP contribution < -0.4 is 10.6 Å². The molecule has 0 radical (unpaired) electrons. The highest BCUT2D eigenvalue weighted by Gasteiger charge is 2.37. The molecule has 2 fully saturated rings. The molecule has 6 heteroatoms. The van der Waals surface area contributed by atoms with Crippen molar-refractivity contribution in [2.75, 3.05) is 5.32 Å². The maximum atomic E-state index is 11.8. The Kier molecular flexibility index (Phi) is 3.97. The fourth-order valence-corrected chi connectivity index (χ4v) is 3.09. The number of hydrogen-bond donors (Lipinski definition) is 2. The first-order chi connectivity index (χ1) is 10.9. The van der Waals surface area contributed by atoms with E-state index < -0.39 is 0 Å². The normalized spacial score (nSPS) is 24.7. The SMILES string of the molecule is CC(C)(C)[C@@H]1NC(=O)CC[C@H]1Nc1cc(C#N)nc(C2CC2)n1. The molecular weight excluding hydrogens is 290 g/mol. The van der Waals surface area contributed by atoms with E-state index in [1.54, 1.807) is 6.07 Å². The van der Waals surface area contributed by atoms with Crippen LogP contribution in [0.1, 0.15) is 63.9 Å². The minimum absolute atomic E-state index is 0.0219. The van der Waals surface area contributed by atoms with Gasteiger partial charge in [0.1, 0.15) is 23.4 Å². The smallest absolute Gasteiger partial charge is 0.220 e. The standard InChI is InChI=1S/C17H23N5O/c1-17(2,3)15-12(6-7-14(23)22-15)20-13-8-11(9-18)19-16(21-13)10-4-5-10/h8,10,12,15H,4-7H2,1-3H3,(H,22,23)(H,19,20,21)/t12-,15-/m1/s1. The summed E-state index contributed by atoms with van der Waals surface area (Å²) < 4.78 is 0. The fourth-order valence-electron chi connectivity index (χ4n) is 3.09. The molecule has 2 N–H and O–H groups in total. The highest BCUT2D eigenvalue weighted by Crippen LogP contribution is 2.38. The number of rotatable bonds is 3. The van der Waals surface area contributed by atoms with E-state index in [2.05, 4.69) is 47.4 Å². The first-order valence-electron chi connectivity index (χ1n) is 8.22.